The van der Waals surface area contributed by atoms with Crippen LogP contribution in [0.25, 0.3) is 0 Å². The van der Waals surface area contributed by atoms with E-state index in [4.69, 9.17) is 0 Å². The van der Waals surface area contributed by atoms with E-state index in [9.17, 15) is 5.11 Å². The summed E-state index contributed by atoms with van der Waals surface area (Å²) in [6.07, 6.45) is 8.67. The highest BCUT2D eigenvalue weighted by atomic mass is 16.3. The first-order chi connectivity index (χ1) is 9.12. The third kappa shape index (κ3) is 4.99. The Kier molecular flexibility index (Phi) is 7.15. The molecular formula is C18H30O. The SMILES string of the molecule is CCCCCCCC(CC)C(C)(O)c1ccccc1. The van der Waals surface area contributed by atoms with Crippen molar-refractivity contribution in [1.82, 2.24) is 0 Å². The second-order valence-corrected chi connectivity index (χ2v) is 5.82. The molecule has 0 aliphatic rings. The van der Waals surface area contributed by atoms with Gasteiger partial charge in [0.1, 0.15) is 0 Å². The van der Waals surface area contributed by atoms with Crippen LogP contribution >= 0.6 is 0 Å². The fourth-order valence-corrected chi connectivity index (χ4v) is 2.89. The third-order valence-corrected chi connectivity index (χ3v) is 4.30. The third-order valence-electron chi connectivity index (χ3n) is 4.30. The van der Waals surface area contributed by atoms with Crippen LogP contribution in [0, 0.1) is 5.92 Å². The lowest BCUT2D eigenvalue weighted by atomic mass is 9.78. The molecule has 0 bridgehead atoms. The lowest BCUT2D eigenvalue weighted by Gasteiger charge is -2.33. The molecule has 0 aliphatic heterocycles. The van der Waals surface area contributed by atoms with Gasteiger partial charge in [0.05, 0.1) is 5.60 Å². The Hall–Kier alpha value is -0.820. The highest BCUT2D eigenvalue weighted by Crippen LogP contribution is 2.34. The van der Waals surface area contributed by atoms with Crippen molar-refractivity contribution in [2.24, 2.45) is 5.92 Å². The molecular weight excluding hydrogens is 232 g/mol. The minimum Gasteiger partial charge on any atom is -0.385 e. The molecule has 1 heteroatoms. The molecule has 0 saturated heterocycles. The van der Waals surface area contributed by atoms with E-state index in [1.807, 2.05) is 37.3 Å². The summed E-state index contributed by atoms with van der Waals surface area (Å²) in [6, 6.07) is 10.1. The topological polar surface area (TPSA) is 20.2 Å². The second-order valence-electron chi connectivity index (χ2n) is 5.82. The van der Waals surface area contributed by atoms with Gasteiger partial charge in [-0.2, -0.15) is 0 Å². The number of unbranched alkanes of at least 4 members (excludes halogenated alkanes) is 4. The highest BCUT2D eigenvalue weighted by molar-refractivity contribution is 5.22. The van der Waals surface area contributed by atoms with Crippen molar-refractivity contribution < 1.29 is 5.11 Å². The fraction of sp³-hybridized carbons (Fsp3) is 0.667. The van der Waals surface area contributed by atoms with Crippen molar-refractivity contribution in [2.75, 3.05) is 0 Å². The van der Waals surface area contributed by atoms with Crippen LogP contribution < -0.4 is 0 Å². The first kappa shape index (κ1) is 16.2. The molecule has 1 aromatic carbocycles. The van der Waals surface area contributed by atoms with Crippen molar-refractivity contribution in [2.45, 2.75) is 71.3 Å². The van der Waals surface area contributed by atoms with Crippen LogP contribution in [-0.4, -0.2) is 5.11 Å². The van der Waals surface area contributed by atoms with E-state index in [-0.39, 0.29) is 0 Å². The lowest BCUT2D eigenvalue weighted by molar-refractivity contribution is -0.0125. The Balaban J connectivity index is 2.53. The molecule has 0 heterocycles. The molecule has 1 nitrogen and oxygen atoms in total. The molecule has 2 atom stereocenters. The molecule has 0 spiro atoms. The van der Waals surface area contributed by atoms with E-state index >= 15 is 0 Å². The van der Waals surface area contributed by atoms with Gasteiger partial charge in [0, 0.05) is 0 Å². The standard InChI is InChI=1S/C18H30O/c1-4-6-7-8-10-13-16(5-2)18(3,19)17-14-11-9-12-15-17/h9,11-12,14-16,19H,4-8,10,13H2,1-3H3. The summed E-state index contributed by atoms with van der Waals surface area (Å²) >= 11 is 0. The van der Waals surface area contributed by atoms with E-state index in [0.717, 1.165) is 18.4 Å². The van der Waals surface area contributed by atoms with Gasteiger partial charge in [-0.25, -0.2) is 0 Å². The Labute approximate surface area is 119 Å². The molecule has 0 saturated carbocycles. The van der Waals surface area contributed by atoms with Gasteiger partial charge in [0.15, 0.2) is 0 Å². The highest BCUT2D eigenvalue weighted by Gasteiger charge is 2.31. The summed E-state index contributed by atoms with van der Waals surface area (Å²) in [6.45, 7) is 6.41. The van der Waals surface area contributed by atoms with Crippen molar-refractivity contribution in [3.05, 3.63) is 35.9 Å². The van der Waals surface area contributed by atoms with Crippen molar-refractivity contribution in [3.63, 3.8) is 0 Å². The first-order valence-corrected chi connectivity index (χ1v) is 7.90. The number of hydrogen-bond acceptors (Lipinski definition) is 1. The number of benzene rings is 1. The average Bonchev–Trinajstić information content (AvgIpc) is 2.43. The number of rotatable bonds is 9. The fourth-order valence-electron chi connectivity index (χ4n) is 2.89. The molecule has 2 unspecified atom stereocenters. The van der Waals surface area contributed by atoms with Crippen LogP contribution in [0.4, 0.5) is 0 Å². The minimum absolute atomic E-state index is 0.358. The predicted molar refractivity (Wildman–Crippen MR) is 83.2 cm³/mol. The van der Waals surface area contributed by atoms with Crippen LogP contribution in [0.3, 0.4) is 0 Å². The minimum atomic E-state index is -0.694. The number of hydrogen-bond donors (Lipinski definition) is 1. The van der Waals surface area contributed by atoms with Gasteiger partial charge in [-0.1, -0.05) is 82.7 Å². The zero-order chi connectivity index (χ0) is 14.1. The molecule has 1 aromatic rings. The second kappa shape index (κ2) is 8.37. The largest absolute Gasteiger partial charge is 0.385 e. The molecule has 1 rings (SSSR count). The van der Waals surface area contributed by atoms with E-state index in [1.165, 1.54) is 32.1 Å². The maximum Gasteiger partial charge on any atom is 0.0896 e. The molecule has 1 N–H and O–H groups in total. The van der Waals surface area contributed by atoms with E-state index in [0.29, 0.717) is 5.92 Å². The van der Waals surface area contributed by atoms with Gasteiger partial charge >= 0.3 is 0 Å². The lowest BCUT2D eigenvalue weighted by Crippen LogP contribution is -2.31. The quantitative estimate of drug-likeness (QED) is 0.600. The summed E-state index contributed by atoms with van der Waals surface area (Å²) in [5.74, 6) is 0.358. The maximum atomic E-state index is 10.8. The van der Waals surface area contributed by atoms with Crippen molar-refractivity contribution in [3.8, 4) is 0 Å². The summed E-state index contributed by atoms with van der Waals surface area (Å²) in [4.78, 5) is 0. The average molecular weight is 262 g/mol. The van der Waals surface area contributed by atoms with Gasteiger partial charge in [0.25, 0.3) is 0 Å². The number of aliphatic hydroxyl groups is 1. The molecule has 0 aromatic heterocycles. The van der Waals surface area contributed by atoms with Gasteiger partial charge in [0.2, 0.25) is 0 Å². The summed E-state index contributed by atoms with van der Waals surface area (Å²) < 4.78 is 0. The van der Waals surface area contributed by atoms with Crippen LogP contribution in [0.2, 0.25) is 0 Å². The summed E-state index contributed by atoms with van der Waals surface area (Å²) in [7, 11) is 0. The molecule has 0 aliphatic carbocycles. The Morgan fingerprint density at radius 2 is 1.63 bits per heavy atom. The maximum absolute atomic E-state index is 10.8. The van der Waals surface area contributed by atoms with Crippen LogP contribution in [0.1, 0.15) is 71.3 Å². The van der Waals surface area contributed by atoms with Crippen LogP contribution in [0.15, 0.2) is 30.3 Å². The first-order valence-electron chi connectivity index (χ1n) is 7.90. The Morgan fingerprint density at radius 1 is 1.00 bits per heavy atom. The van der Waals surface area contributed by atoms with Crippen LogP contribution in [-0.2, 0) is 5.60 Å². The normalized spacial score (nSPS) is 16.0. The van der Waals surface area contributed by atoms with Crippen molar-refractivity contribution >= 4 is 0 Å². The van der Waals surface area contributed by atoms with Gasteiger partial charge < -0.3 is 5.11 Å². The van der Waals surface area contributed by atoms with E-state index in [2.05, 4.69) is 13.8 Å². The van der Waals surface area contributed by atoms with Crippen LogP contribution in [0.5, 0.6) is 0 Å². The summed E-state index contributed by atoms with van der Waals surface area (Å²) in [5.41, 5.74) is 0.358. The van der Waals surface area contributed by atoms with E-state index in [1.54, 1.807) is 0 Å². The zero-order valence-corrected chi connectivity index (χ0v) is 12.9. The molecule has 19 heavy (non-hydrogen) atoms. The van der Waals surface area contributed by atoms with Gasteiger partial charge in [-0.05, 0) is 24.8 Å². The Morgan fingerprint density at radius 3 is 2.21 bits per heavy atom. The van der Waals surface area contributed by atoms with E-state index < -0.39 is 5.60 Å². The van der Waals surface area contributed by atoms with Gasteiger partial charge in [-0.15, -0.1) is 0 Å². The Bertz CT molecular complexity index is 329. The monoisotopic (exact) mass is 262 g/mol. The van der Waals surface area contributed by atoms with Gasteiger partial charge in [-0.3, -0.25) is 0 Å². The molecule has 0 fully saturated rings. The molecule has 0 amide bonds. The van der Waals surface area contributed by atoms with Crippen molar-refractivity contribution in [1.29, 1.82) is 0 Å². The molecule has 0 radical (unpaired) electrons. The predicted octanol–water partition coefficient (Wildman–Crippen LogP) is 5.28. The summed E-state index contributed by atoms with van der Waals surface area (Å²) in [5, 5.41) is 10.8. The molecule has 108 valence electrons. The smallest absolute Gasteiger partial charge is 0.0896 e. The zero-order valence-electron chi connectivity index (χ0n) is 12.9.